The minimum absolute atomic E-state index is 0.0263. The molecule has 144 valence electrons. The molecule has 0 aliphatic carbocycles. The number of nitrogens with one attached hydrogen (secondary N) is 1. The maximum atomic E-state index is 13.5. The van der Waals surface area contributed by atoms with E-state index in [1.807, 2.05) is 25.3 Å². The zero-order chi connectivity index (χ0) is 19.0. The predicted molar refractivity (Wildman–Crippen MR) is 103 cm³/mol. The lowest BCUT2D eigenvalue weighted by molar-refractivity contribution is -0.0350. The summed E-state index contributed by atoms with van der Waals surface area (Å²) in [6, 6.07) is 6.37. The highest BCUT2D eigenvalue weighted by Crippen LogP contribution is 2.31. The Morgan fingerprint density at radius 3 is 2.81 bits per heavy atom. The zero-order valence-corrected chi connectivity index (χ0v) is 16.4. The molecule has 1 aromatic carbocycles. The van der Waals surface area contributed by atoms with Crippen LogP contribution in [0.3, 0.4) is 0 Å². The van der Waals surface area contributed by atoms with Gasteiger partial charge in [0, 0.05) is 17.5 Å². The number of hydrogen-bond acceptors (Lipinski definition) is 5. The van der Waals surface area contributed by atoms with Crippen molar-refractivity contribution in [3.8, 4) is 10.6 Å². The fourth-order valence-corrected chi connectivity index (χ4v) is 4.83. The van der Waals surface area contributed by atoms with Crippen LogP contribution in [0.1, 0.15) is 32.4 Å². The summed E-state index contributed by atoms with van der Waals surface area (Å²) in [5, 5.41) is 5.57. The van der Waals surface area contributed by atoms with Crippen LogP contribution in [0.25, 0.3) is 10.6 Å². The molecule has 3 aliphatic rings. The van der Waals surface area contributed by atoms with E-state index in [2.05, 4.69) is 15.2 Å². The van der Waals surface area contributed by atoms with Gasteiger partial charge in [-0.2, -0.15) is 0 Å². The molecule has 7 heteroatoms. The molecule has 27 heavy (non-hydrogen) atoms. The molecule has 3 fully saturated rings. The van der Waals surface area contributed by atoms with E-state index in [4.69, 9.17) is 4.74 Å². The Morgan fingerprint density at radius 2 is 2.15 bits per heavy atom. The average molecular weight is 389 g/mol. The van der Waals surface area contributed by atoms with Crippen molar-refractivity contribution in [3.63, 3.8) is 0 Å². The lowest BCUT2D eigenvalue weighted by Crippen LogP contribution is -2.53. The summed E-state index contributed by atoms with van der Waals surface area (Å²) < 4.78 is 19.2. The van der Waals surface area contributed by atoms with E-state index in [1.54, 1.807) is 6.07 Å². The summed E-state index contributed by atoms with van der Waals surface area (Å²) in [6.45, 7) is 6.85. The highest BCUT2D eigenvalue weighted by atomic mass is 32.1. The van der Waals surface area contributed by atoms with Crippen LogP contribution in [0.4, 0.5) is 9.18 Å². The van der Waals surface area contributed by atoms with Crippen LogP contribution < -0.4 is 5.32 Å². The standard InChI is InChI=1S/C20H24FN3O2S/c1-20(2,17-12-27-18(22-17)14-4-3-5-15(21)10-14)23-19(25)26-16-11-24-8-6-13(16)7-9-24/h3-5,10,12-13,16H,6-9,11H2,1-2H3,(H,23,25)/t16-/m1/s1. The molecule has 3 aliphatic heterocycles. The largest absolute Gasteiger partial charge is 0.445 e. The number of nitrogens with zero attached hydrogens (tertiary/aromatic N) is 2. The van der Waals surface area contributed by atoms with Gasteiger partial charge in [-0.05, 0) is 57.8 Å². The van der Waals surface area contributed by atoms with Crippen molar-refractivity contribution in [1.29, 1.82) is 0 Å². The van der Waals surface area contributed by atoms with Gasteiger partial charge in [-0.25, -0.2) is 14.2 Å². The van der Waals surface area contributed by atoms with E-state index in [0.29, 0.717) is 5.92 Å². The SMILES string of the molecule is CC(C)(NC(=O)O[C@@H]1CN2CCC1CC2)c1csc(-c2cccc(F)c2)n1. The number of rotatable bonds is 4. The van der Waals surface area contributed by atoms with Gasteiger partial charge >= 0.3 is 6.09 Å². The number of carbonyl (C=O) groups is 1. The summed E-state index contributed by atoms with van der Waals surface area (Å²) in [6.07, 6.45) is 1.77. The number of thiazole rings is 1. The first-order valence-corrected chi connectivity index (χ1v) is 10.2. The Hall–Kier alpha value is -1.99. The molecule has 0 spiro atoms. The van der Waals surface area contributed by atoms with Crippen LogP contribution >= 0.6 is 11.3 Å². The van der Waals surface area contributed by atoms with Crippen molar-refractivity contribution >= 4 is 17.4 Å². The number of ether oxygens (including phenoxy) is 1. The Kier molecular flexibility index (Phi) is 4.90. The second kappa shape index (κ2) is 7.20. The van der Waals surface area contributed by atoms with Gasteiger partial charge in [-0.3, -0.25) is 4.90 Å². The van der Waals surface area contributed by atoms with Gasteiger partial charge in [0.1, 0.15) is 16.9 Å². The first-order valence-electron chi connectivity index (χ1n) is 9.34. The number of aromatic nitrogens is 1. The van der Waals surface area contributed by atoms with Crippen molar-refractivity contribution in [3.05, 3.63) is 41.2 Å². The molecule has 1 atom stereocenters. The molecule has 5 nitrogen and oxygen atoms in total. The monoisotopic (exact) mass is 389 g/mol. The molecule has 1 aromatic heterocycles. The third kappa shape index (κ3) is 3.99. The quantitative estimate of drug-likeness (QED) is 0.859. The molecule has 5 rings (SSSR count). The fraction of sp³-hybridized carbons (Fsp3) is 0.500. The first kappa shape index (κ1) is 18.4. The van der Waals surface area contributed by atoms with E-state index >= 15 is 0 Å². The number of alkyl carbamates (subject to hydrolysis) is 1. The first-order chi connectivity index (χ1) is 12.9. The smallest absolute Gasteiger partial charge is 0.408 e. The highest BCUT2D eigenvalue weighted by molar-refractivity contribution is 7.13. The maximum Gasteiger partial charge on any atom is 0.408 e. The third-order valence-corrected chi connectivity index (χ3v) is 6.38. The molecule has 0 saturated carbocycles. The maximum absolute atomic E-state index is 13.5. The van der Waals surface area contributed by atoms with Crippen LogP contribution in [0.5, 0.6) is 0 Å². The summed E-state index contributed by atoms with van der Waals surface area (Å²) >= 11 is 1.43. The van der Waals surface area contributed by atoms with Crippen molar-refractivity contribution in [1.82, 2.24) is 15.2 Å². The molecule has 4 heterocycles. The highest BCUT2D eigenvalue weighted by Gasteiger charge is 2.37. The fourth-order valence-electron chi connectivity index (χ4n) is 3.85. The molecular formula is C20H24FN3O2S. The number of carbonyl (C=O) groups excluding carboxylic acids is 1. The molecular weight excluding hydrogens is 365 g/mol. The number of benzene rings is 1. The second-order valence-corrected chi connectivity index (χ2v) is 8.74. The van der Waals surface area contributed by atoms with Crippen LogP contribution in [0, 0.1) is 11.7 Å². The van der Waals surface area contributed by atoms with Gasteiger partial charge in [0.2, 0.25) is 0 Å². The van der Waals surface area contributed by atoms with Crippen LogP contribution in [-0.2, 0) is 10.3 Å². The normalized spacial score (nSPS) is 24.6. The number of piperidine rings is 3. The number of amides is 1. The van der Waals surface area contributed by atoms with Crippen molar-refractivity contribution < 1.29 is 13.9 Å². The zero-order valence-electron chi connectivity index (χ0n) is 15.6. The molecule has 1 N–H and O–H groups in total. The van der Waals surface area contributed by atoms with Crippen molar-refractivity contribution in [2.45, 2.75) is 38.3 Å². The van der Waals surface area contributed by atoms with Gasteiger partial charge in [0.15, 0.2) is 0 Å². The van der Waals surface area contributed by atoms with Gasteiger partial charge in [-0.15, -0.1) is 11.3 Å². The Balaban J connectivity index is 1.41. The minimum atomic E-state index is -0.673. The van der Waals surface area contributed by atoms with Gasteiger partial charge in [-0.1, -0.05) is 12.1 Å². The van der Waals surface area contributed by atoms with Gasteiger partial charge < -0.3 is 10.1 Å². The molecule has 2 aromatic rings. The number of fused-ring (bicyclic) bond motifs is 3. The van der Waals surface area contributed by atoms with E-state index in [1.165, 1.54) is 23.5 Å². The van der Waals surface area contributed by atoms with Crippen molar-refractivity contribution in [2.75, 3.05) is 19.6 Å². The summed E-state index contributed by atoms with van der Waals surface area (Å²) in [7, 11) is 0. The Morgan fingerprint density at radius 1 is 1.37 bits per heavy atom. The summed E-state index contributed by atoms with van der Waals surface area (Å²) in [5.41, 5.74) is 0.794. The molecule has 0 unspecified atom stereocenters. The van der Waals surface area contributed by atoms with Crippen LogP contribution in [0.15, 0.2) is 29.6 Å². The molecule has 2 bridgehead atoms. The predicted octanol–water partition coefficient (Wildman–Crippen LogP) is 4.00. The average Bonchev–Trinajstić information content (AvgIpc) is 3.13. The lowest BCUT2D eigenvalue weighted by Gasteiger charge is -2.44. The van der Waals surface area contributed by atoms with E-state index in [-0.39, 0.29) is 11.9 Å². The number of halogens is 1. The summed E-state index contributed by atoms with van der Waals surface area (Å²) in [5.74, 6) is 0.186. The molecule has 0 radical (unpaired) electrons. The topological polar surface area (TPSA) is 54.5 Å². The Labute approximate surface area is 162 Å². The van der Waals surface area contributed by atoms with Gasteiger partial charge in [0.25, 0.3) is 0 Å². The van der Waals surface area contributed by atoms with Crippen molar-refractivity contribution in [2.24, 2.45) is 5.92 Å². The van der Waals surface area contributed by atoms with Gasteiger partial charge in [0.05, 0.1) is 11.2 Å². The Bertz CT molecular complexity index is 830. The van der Waals surface area contributed by atoms with Crippen LogP contribution in [-0.4, -0.2) is 41.7 Å². The van der Waals surface area contributed by atoms with E-state index in [9.17, 15) is 9.18 Å². The number of hydrogen-bond donors (Lipinski definition) is 1. The van der Waals surface area contributed by atoms with Crippen LogP contribution in [0.2, 0.25) is 0 Å². The molecule has 3 saturated heterocycles. The molecule has 1 amide bonds. The summed E-state index contributed by atoms with van der Waals surface area (Å²) in [4.78, 5) is 19.4. The minimum Gasteiger partial charge on any atom is -0.445 e. The van der Waals surface area contributed by atoms with E-state index < -0.39 is 11.6 Å². The third-order valence-electron chi connectivity index (χ3n) is 5.49. The van der Waals surface area contributed by atoms with E-state index in [0.717, 1.165) is 48.7 Å². The lowest BCUT2D eigenvalue weighted by atomic mass is 9.86. The second-order valence-electron chi connectivity index (χ2n) is 7.88.